The molecule has 2 aromatic heterocycles. The Hall–Kier alpha value is -3.55. The highest BCUT2D eigenvalue weighted by Crippen LogP contribution is 2.28. The van der Waals surface area contributed by atoms with Crippen molar-refractivity contribution in [2.45, 2.75) is 31.0 Å². The number of non-ortho nitro benzene ring substituents is 1. The first-order valence-corrected chi connectivity index (χ1v) is 9.98. The Morgan fingerprint density at radius 2 is 2.00 bits per heavy atom. The minimum atomic E-state index is -4.40. The van der Waals surface area contributed by atoms with Crippen molar-refractivity contribution in [3.05, 3.63) is 52.0 Å². The summed E-state index contributed by atoms with van der Waals surface area (Å²) >= 11 is 1.17. The molecule has 0 spiro atoms. The zero-order chi connectivity index (χ0) is 23.3. The third kappa shape index (κ3) is 6.47. The summed E-state index contributed by atoms with van der Waals surface area (Å²) in [5, 5.41) is 21.6. The lowest BCUT2D eigenvalue weighted by Crippen LogP contribution is -2.17. The van der Waals surface area contributed by atoms with Gasteiger partial charge in [0, 0.05) is 35.2 Å². The van der Waals surface area contributed by atoms with Crippen LogP contribution in [0.4, 0.5) is 24.7 Å². The van der Waals surface area contributed by atoms with Gasteiger partial charge in [-0.3, -0.25) is 15.1 Å². The van der Waals surface area contributed by atoms with Gasteiger partial charge in [-0.15, -0.1) is 10.2 Å². The Bertz CT molecular complexity index is 1130. The molecule has 0 amide bonds. The zero-order valence-electron chi connectivity index (χ0n) is 16.8. The Balaban J connectivity index is 1.69. The lowest BCUT2D eigenvalue weighted by Gasteiger charge is -2.11. The maximum atomic E-state index is 12.4. The van der Waals surface area contributed by atoms with Gasteiger partial charge in [-0.05, 0) is 26.0 Å². The Kier molecular flexibility index (Phi) is 7.02. The maximum Gasteiger partial charge on any atom is 0.408 e. The summed E-state index contributed by atoms with van der Waals surface area (Å²) in [7, 11) is 0. The molecule has 0 atom stereocenters. The first-order chi connectivity index (χ1) is 15.1. The van der Waals surface area contributed by atoms with Crippen molar-refractivity contribution < 1.29 is 22.5 Å². The summed E-state index contributed by atoms with van der Waals surface area (Å²) in [4.78, 5) is 22.0. The molecule has 10 nitrogen and oxygen atoms in total. The monoisotopic (exact) mass is 467 g/mol. The molecule has 0 saturated carbocycles. The van der Waals surface area contributed by atoms with Crippen LogP contribution in [0.1, 0.15) is 18.3 Å². The number of aromatic nitrogens is 4. The number of thioether (sulfide) groups is 1. The number of amidine groups is 1. The van der Waals surface area contributed by atoms with Crippen molar-refractivity contribution in [1.82, 2.24) is 20.2 Å². The van der Waals surface area contributed by atoms with E-state index < -0.39 is 17.6 Å². The first-order valence-electron chi connectivity index (χ1n) is 8.99. The molecule has 3 aromatic rings. The number of benzene rings is 1. The Morgan fingerprint density at radius 3 is 2.66 bits per heavy atom. The van der Waals surface area contributed by atoms with Crippen LogP contribution in [0.15, 0.2) is 45.1 Å². The molecule has 168 valence electrons. The van der Waals surface area contributed by atoms with Gasteiger partial charge in [0.1, 0.15) is 18.2 Å². The Labute approximate surface area is 183 Å². The van der Waals surface area contributed by atoms with Gasteiger partial charge in [0.25, 0.3) is 10.9 Å². The van der Waals surface area contributed by atoms with E-state index in [0.717, 1.165) is 0 Å². The summed E-state index contributed by atoms with van der Waals surface area (Å²) in [5.74, 6) is 1.30. The zero-order valence-corrected chi connectivity index (χ0v) is 17.6. The van der Waals surface area contributed by atoms with Crippen LogP contribution in [0.2, 0.25) is 0 Å². The van der Waals surface area contributed by atoms with Crippen molar-refractivity contribution in [3.63, 3.8) is 0 Å². The van der Waals surface area contributed by atoms with Crippen LogP contribution in [0.5, 0.6) is 0 Å². The molecule has 14 heteroatoms. The molecular formula is C18H16F3N7O3S. The molecule has 1 N–H and O–H groups in total. The summed E-state index contributed by atoms with van der Waals surface area (Å²) in [5.41, 5.74) is 1.06. The van der Waals surface area contributed by atoms with Gasteiger partial charge in [-0.25, -0.2) is 9.97 Å². The molecule has 2 heterocycles. The number of nitro groups is 1. The van der Waals surface area contributed by atoms with Crippen molar-refractivity contribution in [3.8, 4) is 11.5 Å². The molecule has 0 saturated heterocycles. The molecule has 0 fully saturated rings. The van der Waals surface area contributed by atoms with Crippen molar-refractivity contribution in [1.29, 1.82) is 0 Å². The lowest BCUT2D eigenvalue weighted by molar-refractivity contribution is -0.384. The fourth-order valence-electron chi connectivity index (χ4n) is 2.38. The number of alkyl halides is 3. The lowest BCUT2D eigenvalue weighted by atomic mass is 10.2. The van der Waals surface area contributed by atoms with Gasteiger partial charge in [0.05, 0.1) is 10.8 Å². The highest BCUT2D eigenvalue weighted by atomic mass is 32.2. The van der Waals surface area contributed by atoms with E-state index in [-0.39, 0.29) is 28.4 Å². The second-order valence-corrected chi connectivity index (χ2v) is 7.33. The summed E-state index contributed by atoms with van der Waals surface area (Å²) < 4.78 is 42.7. The average Bonchev–Trinajstić information content (AvgIpc) is 3.20. The van der Waals surface area contributed by atoms with E-state index in [4.69, 9.17) is 4.42 Å². The quantitative estimate of drug-likeness (QED) is 0.176. The largest absolute Gasteiger partial charge is 0.411 e. The van der Waals surface area contributed by atoms with E-state index in [2.05, 4.69) is 30.5 Å². The molecule has 0 unspecified atom stereocenters. The van der Waals surface area contributed by atoms with Crippen molar-refractivity contribution in [2.75, 3.05) is 11.9 Å². The highest BCUT2D eigenvalue weighted by molar-refractivity contribution is 7.98. The van der Waals surface area contributed by atoms with Crippen LogP contribution >= 0.6 is 11.8 Å². The van der Waals surface area contributed by atoms with Gasteiger partial charge < -0.3 is 9.73 Å². The summed E-state index contributed by atoms with van der Waals surface area (Å²) in [6.07, 6.45) is -2.86. The van der Waals surface area contributed by atoms with Crippen LogP contribution in [-0.2, 0) is 5.75 Å². The topological polar surface area (TPSA) is 132 Å². The van der Waals surface area contributed by atoms with Gasteiger partial charge in [0.2, 0.25) is 5.89 Å². The molecule has 0 bridgehead atoms. The normalized spacial score (nSPS) is 12.1. The van der Waals surface area contributed by atoms with Gasteiger partial charge in [0.15, 0.2) is 0 Å². The van der Waals surface area contributed by atoms with Crippen molar-refractivity contribution >= 4 is 29.1 Å². The molecule has 0 aliphatic carbocycles. The second-order valence-electron chi connectivity index (χ2n) is 6.40. The molecule has 1 aromatic carbocycles. The predicted molar refractivity (Wildman–Crippen MR) is 110 cm³/mol. The minimum absolute atomic E-state index is 0.0590. The molecule has 0 aliphatic rings. The minimum Gasteiger partial charge on any atom is -0.411 e. The average molecular weight is 467 g/mol. The van der Waals surface area contributed by atoms with Gasteiger partial charge >= 0.3 is 6.18 Å². The number of nitrogens with zero attached hydrogens (tertiary/aromatic N) is 6. The fourth-order valence-corrected chi connectivity index (χ4v) is 3.10. The van der Waals surface area contributed by atoms with Gasteiger partial charge in [-0.1, -0.05) is 11.8 Å². The van der Waals surface area contributed by atoms with E-state index in [1.54, 1.807) is 13.1 Å². The number of aliphatic imine (C=N–C) groups is 1. The van der Waals surface area contributed by atoms with Gasteiger partial charge in [-0.2, -0.15) is 13.2 Å². The van der Waals surface area contributed by atoms with Crippen LogP contribution in [0, 0.1) is 17.0 Å². The van der Waals surface area contributed by atoms with Crippen LogP contribution < -0.4 is 5.32 Å². The third-order valence-electron chi connectivity index (χ3n) is 3.86. The summed E-state index contributed by atoms with van der Waals surface area (Å²) in [6.45, 7) is 1.76. The van der Waals surface area contributed by atoms with Crippen LogP contribution in [-0.4, -0.2) is 43.6 Å². The SMILES string of the molecule is CC(=NCC(F)(F)F)Nc1nc(C)ncc1CSc1nnc(-c2ccc([N+](=O)[O-])cc2)o1. The molecule has 0 aliphatic heterocycles. The molecule has 32 heavy (non-hydrogen) atoms. The third-order valence-corrected chi connectivity index (χ3v) is 4.73. The Morgan fingerprint density at radius 1 is 1.28 bits per heavy atom. The molecular weight excluding hydrogens is 451 g/mol. The van der Waals surface area contributed by atoms with Crippen molar-refractivity contribution in [2.24, 2.45) is 4.99 Å². The molecule has 3 rings (SSSR count). The van der Waals surface area contributed by atoms with E-state index in [0.29, 0.717) is 22.8 Å². The van der Waals surface area contributed by atoms with E-state index in [1.807, 2.05) is 0 Å². The summed E-state index contributed by atoms with van der Waals surface area (Å²) in [6, 6.07) is 5.66. The second kappa shape index (κ2) is 9.72. The fraction of sp³-hybridized carbons (Fsp3) is 0.278. The highest BCUT2D eigenvalue weighted by Gasteiger charge is 2.26. The number of anilines is 1. The van der Waals surface area contributed by atoms with E-state index in [1.165, 1.54) is 43.0 Å². The standard InChI is InChI=1S/C18H16F3N7O3S/c1-10-22-7-13(15(24-10)25-11(2)23-9-18(19,20)21)8-32-17-27-26-16(31-17)12-3-5-14(6-4-12)28(29)30/h3-7H,8-9H2,1-2H3,(H,22,23,24,25). The van der Waals surface area contributed by atoms with Crippen LogP contribution in [0.25, 0.3) is 11.5 Å². The predicted octanol–water partition coefficient (Wildman–Crippen LogP) is 4.43. The first kappa shape index (κ1) is 23.1. The number of hydrogen-bond acceptors (Lipinski definition) is 9. The van der Waals surface area contributed by atoms with E-state index in [9.17, 15) is 23.3 Å². The smallest absolute Gasteiger partial charge is 0.408 e. The number of hydrogen-bond donors (Lipinski definition) is 1. The number of nitrogens with one attached hydrogen (secondary N) is 1. The van der Waals surface area contributed by atoms with Crippen LogP contribution in [0.3, 0.4) is 0 Å². The number of aryl methyl sites for hydroxylation is 1. The number of rotatable bonds is 7. The molecule has 0 radical (unpaired) electrons. The number of halogens is 3. The number of nitro benzene ring substituents is 1. The maximum absolute atomic E-state index is 12.4. The van der Waals surface area contributed by atoms with E-state index >= 15 is 0 Å².